The van der Waals surface area contributed by atoms with Crippen molar-refractivity contribution in [2.24, 2.45) is 0 Å². The lowest BCUT2D eigenvalue weighted by Crippen LogP contribution is -2.56. The number of benzene rings is 6. The number of hydrogen-bond acceptors (Lipinski definition) is 5. The minimum Gasteiger partial charge on any atom is -0.370 e. The van der Waals surface area contributed by atoms with Crippen LogP contribution in [0.15, 0.2) is 146 Å². The molecule has 6 heteroatoms. The fourth-order valence-corrected chi connectivity index (χ4v) is 8.85. The van der Waals surface area contributed by atoms with Crippen molar-refractivity contribution in [1.82, 2.24) is 0 Å². The van der Waals surface area contributed by atoms with E-state index in [0.717, 1.165) is 50.4 Å². The number of rotatable bonds is 14. The second-order valence-electron chi connectivity index (χ2n) is 12.7. The first-order valence-electron chi connectivity index (χ1n) is 17.9. The second-order valence-corrected chi connectivity index (χ2v) is 15.2. The van der Waals surface area contributed by atoms with Crippen LogP contribution in [0.5, 0.6) is 0 Å². The van der Waals surface area contributed by atoms with Gasteiger partial charge in [0, 0.05) is 59.1 Å². The van der Waals surface area contributed by atoms with E-state index in [1.807, 2.05) is 20.8 Å². The Bertz CT molecular complexity index is 1950. The SMILES string of the molecule is CCO[Si](OCC)(OCC)c1ccc(N(c2ccc(C)cc2)c2cccc(-c3cccc(N(c4ccc(C)cc4)c4ccc(C)cc4)c3)c2)cc1. The molecule has 260 valence electrons. The van der Waals surface area contributed by atoms with Crippen LogP contribution >= 0.6 is 0 Å². The maximum atomic E-state index is 6.21. The molecule has 0 amide bonds. The molecule has 0 radical (unpaired) electrons. The summed E-state index contributed by atoms with van der Waals surface area (Å²) in [6, 6.07) is 52.2. The van der Waals surface area contributed by atoms with Crippen LogP contribution in [0.25, 0.3) is 11.1 Å². The molecule has 0 saturated carbocycles. The lowest BCUT2D eigenvalue weighted by molar-refractivity contribution is 0.0859. The van der Waals surface area contributed by atoms with Crippen molar-refractivity contribution in [1.29, 1.82) is 0 Å². The van der Waals surface area contributed by atoms with Gasteiger partial charge in [-0.3, -0.25) is 0 Å². The van der Waals surface area contributed by atoms with Gasteiger partial charge < -0.3 is 23.1 Å². The van der Waals surface area contributed by atoms with Gasteiger partial charge in [-0.2, -0.15) is 0 Å². The molecule has 0 aromatic heterocycles. The Labute approximate surface area is 305 Å². The molecular formula is C45H48N2O3Si. The molecule has 6 aromatic rings. The van der Waals surface area contributed by atoms with Gasteiger partial charge in [0.1, 0.15) is 0 Å². The topological polar surface area (TPSA) is 34.2 Å². The summed E-state index contributed by atoms with van der Waals surface area (Å²) in [5.41, 5.74) is 12.5. The largest absolute Gasteiger partial charge is 0.537 e. The molecule has 0 heterocycles. The van der Waals surface area contributed by atoms with Crippen LogP contribution in [0.1, 0.15) is 37.5 Å². The van der Waals surface area contributed by atoms with Gasteiger partial charge in [0.05, 0.1) is 0 Å². The number of nitrogens with zero attached hydrogens (tertiary/aromatic N) is 2. The van der Waals surface area contributed by atoms with Gasteiger partial charge in [0.2, 0.25) is 0 Å². The van der Waals surface area contributed by atoms with Crippen molar-refractivity contribution in [3.05, 3.63) is 162 Å². The Hall–Kier alpha value is -4.98. The van der Waals surface area contributed by atoms with Gasteiger partial charge in [0.15, 0.2) is 0 Å². The third-order valence-corrected chi connectivity index (χ3v) is 11.9. The fourth-order valence-electron chi connectivity index (χ4n) is 6.38. The van der Waals surface area contributed by atoms with Gasteiger partial charge in [-0.15, -0.1) is 0 Å². The Balaban J connectivity index is 1.41. The van der Waals surface area contributed by atoms with Crippen LogP contribution in [0.2, 0.25) is 0 Å². The van der Waals surface area contributed by atoms with Crippen molar-refractivity contribution < 1.29 is 13.3 Å². The summed E-state index contributed by atoms with van der Waals surface area (Å²) in [5, 5.41) is 0.956. The van der Waals surface area contributed by atoms with E-state index in [9.17, 15) is 0 Å². The standard InChI is InChI=1S/C45H48N2O3Si/c1-7-48-51(49-8-2,50-9-3)45-30-28-42(29-31-45)47(41-26-20-36(6)21-27-41)44-15-11-13-38(33-44)37-12-10-14-43(32-37)46(39-22-16-34(4)17-23-39)40-24-18-35(5)19-25-40/h10-33H,7-9H2,1-6H3. The number of hydrogen-bond donors (Lipinski definition) is 0. The molecule has 0 aliphatic carbocycles. The normalized spacial score (nSPS) is 11.4. The van der Waals surface area contributed by atoms with Crippen LogP contribution in [0.3, 0.4) is 0 Å². The van der Waals surface area contributed by atoms with E-state index in [4.69, 9.17) is 13.3 Å². The summed E-state index contributed by atoms with van der Waals surface area (Å²) in [6.07, 6.45) is 0. The second kappa shape index (κ2) is 16.4. The highest BCUT2D eigenvalue weighted by atomic mass is 28.4. The smallest absolute Gasteiger partial charge is 0.370 e. The van der Waals surface area contributed by atoms with E-state index < -0.39 is 8.80 Å². The minimum atomic E-state index is -3.04. The monoisotopic (exact) mass is 692 g/mol. The predicted molar refractivity (Wildman–Crippen MR) is 216 cm³/mol. The van der Waals surface area contributed by atoms with Gasteiger partial charge in [-0.1, -0.05) is 89.5 Å². The van der Waals surface area contributed by atoms with Crippen molar-refractivity contribution in [3.63, 3.8) is 0 Å². The molecule has 0 aliphatic heterocycles. The Morgan fingerprint density at radius 1 is 0.392 bits per heavy atom. The minimum absolute atomic E-state index is 0.519. The summed E-state index contributed by atoms with van der Waals surface area (Å²) in [7, 11) is -3.04. The highest BCUT2D eigenvalue weighted by molar-refractivity contribution is 6.75. The molecular weight excluding hydrogens is 645 g/mol. The van der Waals surface area contributed by atoms with Gasteiger partial charge in [-0.05, 0) is 125 Å². The molecule has 0 bridgehead atoms. The average molecular weight is 693 g/mol. The molecule has 0 saturated heterocycles. The summed E-state index contributed by atoms with van der Waals surface area (Å²) >= 11 is 0. The van der Waals surface area contributed by atoms with Crippen molar-refractivity contribution in [2.45, 2.75) is 41.5 Å². The maximum Gasteiger partial charge on any atom is 0.537 e. The molecule has 51 heavy (non-hydrogen) atoms. The average Bonchev–Trinajstić information content (AvgIpc) is 3.15. The van der Waals surface area contributed by atoms with Crippen LogP contribution in [-0.4, -0.2) is 28.6 Å². The predicted octanol–water partition coefficient (Wildman–Crippen LogP) is 11.5. The van der Waals surface area contributed by atoms with E-state index in [2.05, 4.69) is 176 Å². The number of aryl methyl sites for hydroxylation is 3. The molecule has 0 N–H and O–H groups in total. The van der Waals surface area contributed by atoms with Crippen molar-refractivity contribution >= 4 is 48.1 Å². The van der Waals surface area contributed by atoms with E-state index >= 15 is 0 Å². The van der Waals surface area contributed by atoms with E-state index in [1.165, 1.54) is 16.7 Å². The van der Waals surface area contributed by atoms with E-state index in [1.54, 1.807) is 0 Å². The Morgan fingerprint density at radius 2 is 0.706 bits per heavy atom. The zero-order chi connectivity index (χ0) is 35.8. The van der Waals surface area contributed by atoms with Crippen LogP contribution < -0.4 is 15.0 Å². The lowest BCUT2D eigenvalue weighted by Gasteiger charge is -2.30. The summed E-state index contributed by atoms with van der Waals surface area (Å²) in [4.78, 5) is 4.62. The zero-order valence-corrected chi connectivity index (χ0v) is 31.6. The van der Waals surface area contributed by atoms with Crippen LogP contribution in [0, 0.1) is 20.8 Å². The molecule has 0 aliphatic rings. The molecule has 0 unspecified atom stereocenters. The molecule has 6 rings (SSSR count). The lowest BCUT2D eigenvalue weighted by atomic mass is 10.0. The first-order chi connectivity index (χ1) is 24.8. The molecule has 5 nitrogen and oxygen atoms in total. The maximum absolute atomic E-state index is 6.21. The third kappa shape index (κ3) is 8.16. The van der Waals surface area contributed by atoms with Gasteiger partial charge in [0.25, 0.3) is 0 Å². The molecule has 0 atom stereocenters. The first kappa shape index (κ1) is 35.8. The first-order valence-corrected chi connectivity index (χ1v) is 19.6. The summed E-state index contributed by atoms with van der Waals surface area (Å²) < 4.78 is 18.6. The van der Waals surface area contributed by atoms with Crippen molar-refractivity contribution in [3.8, 4) is 11.1 Å². The Morgan fingerprint density at radius 3 is 1.02 bits per heavy atom. The fraction of sp³-hybridized carbons (Fsp3) is 0.200. The van der Waals surface area contributed by atoms with Gasteiger partial charge in [-0.25, -0.2) is 0 Å². The van der Waals surface area contributed by atoms with Crippen LogP contribution in [-0.2, 0) is 13.3 Å². The molecule has 0 fully saturated rings. The third-order valence-electron chi connectivity index (χ3n) is 8.90. The van der Waals surface area contributed by atoms with E-state index in [0.29, 0.717) is 19.8 Å². The molecule has 0 spiro atoms. The highest BCUT2D eigenvalue weighted by Gasteiger charge is 2.43. The quantitative estimate of drug-likeness (QED) is 0.106. The summed E-state index contributed by atoms with van der Waals surface area (Å²) in [5.74, 6) is 0. The highest BCUT2D eigenvalue weighted by Crippen LogP contribution is 2.39. The van der Waals surface area contributed by atoms with Crippen molar-refractivity contribution in [2.75, 3.05) is 29.6 Å². The van der Waals surface area contributed by atoms with Gasteiger partial charge >= 0.3 is 8.80 Å². The summed E-state index contributed by atoms with van der Waals surface area (Å²) in [6.45, 7) is 13.9. The number of anilines is 6. The Kier molecular flexibility index (Phi) is 11.5. The zero-order valence-electron chi connectivity index (χ0n) is 30.6. The van der Waals surface area contributed by atoms with E-state index in [-0.39, 0.29) is 0 Å². The molecule has 6 aromatic carbocycles. The van der Waals surface area contributed by atoms with Crippen LogP contribution in [0.4, 0.5) is 34.1 Å².